The third-order valence-corrected chi connectivity index (χ3v) is 4.31. The third-order valence-electron chi connectivity index (χ3n) is 2.60. The molecule has 0 bridgehead atoms. The molecule has 0 saturated carbocycles. The van der Waals surface area contributed by atoms with Crippen molar-refractivity contribution in [2.24, 2.45) is 0 Å². The number of anilines is 2. The highest BCUT2D eigenvalue weighted by Gasteiger charge is 2.15. The van der Waals surface area contributed by atoms with Crippen molar-refractivity contribution in [3.63, 3.8) is 0 Å². The van der Waals surface area contributed by atoms with E-state index in [1.165, 1.54) is 25.3 Å². The normalized spacial score (nSPS) is 11.1. The number of nitrogens with two attached hydrogens (primary N) is 1. The Morgan fingerprint density at radius 1 is 1.20 bits per heavy atom. The molecular formula is C13H13ClN2O3S. The molecule has 0 atom stereocenters. The second-order valence-electron chi connectivity index (χ2n) is 4.02. The number of sulfonamides is 1. The number of rotatable bonds is 4. The molecule has 2 rings (SSSR count). The number of hydrogen-bond donors (Lipinski definition) is 2. The molecule has 20 heavy (non-hydrogen) atoms. The molecular weight excluding hydrogens is 300 g/mol. The Kier molecular flexibility index (Phi) is 4.06. The molecule has 0 amide bonds. The van der Waals surface area contributed by atoms with Crippen LogP contribution in [0.15, 0.2) is 47.4 Å². The number of hydrogen-bond acceptors (Lipinski definition) is 4. The van der Waals surface area contributed by atoms with Crippen molar-refractivity contribution in [1.29, 1.82) is 0 Å². The summed E-state index contributed by atoms with van der Waals surface area (Å²) < 4.78 is 31.9. The molecule has 0 aliphatic rings. The van der Waals surface area contributed by atoms with E-state index in [1.807, 2.05) is 0 Å². The first kappa shape index (κ1) is 14.5. The Bertz CT molecular complexity index is 732. The van der Waals surface area contributed by atoms with Gasteiger partial charge in [0, 0.05) is 6.07 Å². The van der Waals surface area contributed by atoms with Gasteiger partial charge >= 0.3 is 0 Å². The van der Waals surface area contributed by atoms with Crippen LogP contribution in [-0.2, 0) is 10.0 Å². The maximum Gasteiger partial charge on any atom is 0.261 e. The summed E-state index contributed by atoms with van der Waals surface area (Å²) in [6.07, 6.45) is 0. The van der Waals surface area contributed by atoms with Crippen LogP contribution >= 0.6 is 11.6 Å². The lowest BCUT2D eigenvalue weighted by Gasteiger charge is -2.10. The summed E-state index contributed by atoms with van der Waals surface area (Å²) >= 11 is 5.83. The van der Waals surface area contributed by atoms with Gasteiger partial charge in [-0.1, -0.05) is 17.7 Å². The Labute approximate surface area is 122 Å². The van der Waals surface area contributed by atoms with Crippen molar-refractivity contribution in [2.45, 2.75) is 4.90 Å². The van der Waals surface area contributed by atoms with Gasteiger partial charge in [0.1, 0.15) is 5.75 Å². The second-order valence-corrected chi connectivity index (χ2v) is 6.11. The highest BCUT2D eigenvalue weighted by molar-refractivity contribution is 7.92. The minimum Gasteiger partial charge on any atom is -0.497 e. The fourth-order valence-electron chi connectivity index (χ4n) is 1.58. The number of halogens is 1. The first-order valence-corrected chi connectivity index (χ1v) is 7.50. The van der Waals surface area contributed by atoms with Crippen molar-refractivity contribution < 1.29 is 13.2 Å². The molecule has 106 valence electrons. The van der Waals surface area contributed by atoms with Gasteiger partial charge in [-0.25, -0.2) is 8.42 Å². The number of methoxy groups -OCH3 is 1. The molecule has 5 nitrogen and oxygen atoms in total. The van der Waals surface area contributed by atoms with Gasteiger partial charge in [-0.05, 0) is 30.3 Å². The molecule has 0 fully saturated rings. The van der Waals surface area contributed by atoms with Crippen molar-refractivity contribution in [3.05, 3.63) is 47.5 Å². The third kappa shape index (κ3) is 3.15. The smallest absolute Gasteiger partial charge is 0.261 e. The average Bonchev–Trinajstić information content (AvgIpc) is 2.41. The number of nitrogen functional groups attached to an aromatic ring is 1. The second kappa shape index (κ2) is 5.60. The molecule has 0 spiro atoms. The Morgan fingerprint density at radius 2 is 1.95 bits per heavy atom. The molecule has 0 heterocycles. The van der Waals surface area contributed by atoms with Crippen molar-refractivity contribution in [3.8, 4) is 5.75 Å². The lowest BCUT2D eigenvalue weighted by molar-refractivity contribution is 0.415. The van der Waals surface area contributed by atoms with Crippen LogP contribution in [0.1, 0.15) is 0 Å². The summed E-state index contributed by atoms with van der Waals surface area (Å²) in [6, 6.07) is 10.8. The molecule has 2 aromatic carbocycles. The van der Waals surface area contributed by atoms with Gasteiger partial charge in [-0.2, -0.15) is 0 Å². The van der Waals surface area contributed by atoms with Gasteiger partial charge in [-0.15, -0.1) is 0 Å². The van der Waals surface area contributed by atoms with Crippen LogP contribution in [0.25, 0.3) is 0 Å². The van der Waals surface area contributed by atoms with Crippen LogP contribution in [0.3, 0.4) is 0 Å². The summed E-state index contributed by atoms with van der Waals surface area (Å²) in [5.74, 6) is 0.556. The first-order valence-electron chi connectivity index (χ1n) is 5.64. The fraction of sp³-hybridized carbons (Fsp3) is 0.0769. The summed E-state index contributed by atoms with van der Waals surface area (Å²) in [5, 5.41) is 0.193. The van der Waals surface area contributed by atoms with E-state index in [9.17, 15) is 8.42 Å². The van der Waals surface area contributed by atoms with E-state index in [-0.39, 0.29) is 9.92 Å². The van der Waals surface area contributed by atoms with Crippen molar-refractivity contribution in [1.82, 2.24) is 0 Å². The van der Waals surface area contributed by atoms with Crippen molar-refractivity contribution >= 4 is 33.0 Å². The molecule has 0 aliphatic carbocycles. The SMILES string of the molecule is COc1cccc(NS(=O)(=O)c2ccc(N)c(Cl)c2)c1. The zero-order chi connectivity index (χ0) is 14.8. The summed E-state index contributed by atoms with van der Waals surface area (Å²) in [4.78, 5) is 0.0412. The van der Waals surface area contributed by atoms with E-state index in [4.69, 9.17) is 22.1 Å². The van der Waals surface area contributed by atoms with E-state index in [0.29, 0.717) is 17.1 Å². The van der Waals surface area contributed by atoms with E-state index in [1.54, 1.807) is 24.3 Å². The van der Waals surface area contributed by atoms with Crippen LogP contribution < -0.4 is 15.2 Å². The summed E-state index contributed by atoms with van der Waals surface area (Å²) in [6.45, 7) is 0. The van der Waals surface area contributed by atoms with E-state index < -0.39 is 10.0 Å². The van der Waals surface area contributed by atoms with Crippen LogP contribution in [0, 0.1) is 0 Å². The van der Waals surface area contributed by atoms with Gasteiger partial charge in [0.25, 0.3) is 10.0 Å². The highest BCUT2D eigenvalue weighted by Crippen LogP contribution is 2.25. The summed E-state index contributed by atoms with van der Waals surface area (Å²) in [7, 11) is -2.22. The lowest BCUT2D eigenvalue weighted by atomic mass is 10.3. The minimum absolute atomic E-state index is 0.0412. The monoisotopic (exact) mass is 312 g/mol. The maximum atomic E-state index is 12.2. The molecule has 7 heteroatoms. The topological polar surface area (TPSA) is 81.4 Å². The zero-order valence-corrected chi connectivity index (χ0v) is 12.2. The predicted octanol–water partition coefficient (Wildman–Crippen LogP) is 2.73. The van der Waals surface area contributed by atoms with Gasteiger partial charge in [-0.3, -0.25) is 4.72 Å². The maximum absolute atomic E-state index is 12.2. The molecule has 0 aromatic heterocycles. The molecule has 2 aromatic rings. The van der Waals surface area contributed by atoms with E-state index in [0.717, 1.165) is 0 Å². The first-order chi connectivity index (χ1) is 9.42. The summed E-state index contributed by atoms with van der Waals surface area (Å²) in [5.41, 5.74) is 6.28. The predicted molar refractivity (Wildman–Crippen MR) is 79.7 cm³/mol. The Balaban J connectivity index is 2.32. The molecule has 0 radical (unpaired) electrons. The number of ether oxygens (including phenoxy) is 1. The number of nitrogens with one attached hydrogen (secondary N) is 1. The zero-order valence-electron chi connectivity index (χ0n) is 10.6. The average molecular weight is 313 g/mol. The van der Waals surface area contributed by atoms with Gasteiger partial charge < -0.3 is 10.5 Å². The minimum atomic E-state index is -3.72. The standard InChI is InChI=1S/C13H13ClN2O3S/c1-19-10-4-2-3-9(7-10)16-20(17,18)11-5-6-13(15)12(14)8-11/h2-8,16H,15H2,1H3. The van der Waals surface area contributed by atoms with E-state index >= 15 is 0 Å². The quantitative estimate of drug-likeness (QED) is 0.851. The highest BCUT2D eigenvalue weighted by atomic mass is 35.5. The van der Waals surface area contributed by atoms with Crippen LogP contribution in [0.2, 0.25) is 5.02 Å². The van der Waals surface area contributed by atoms with Gasteiger partial charge in [0.05, 0.1) is 28.4 Å². The van der Waals surface area contributed by atoms with Gasteiger partial charge in [0.2, 0.25) is 0 Å². The number of benzene rings is 2. The molecule has 0 saturated heterocycles. The largest absolute Gasteiger partial charge is 0.497 e. The lowest BCUT2D eigenvalue weighted by Crippen LogP contribution is -2.13. The van der Waals surface area contributed by atoms with Crippen LogP contribution in [0.4, 0.5) is 11.4 Å². The Morgan fingerprint density at radius 3 is 2.60 bits per heavy atom. The molecule has 3 N–H and O–H groups in total. The van der Waals surface area contributed by atoms with Crippen LogP contribution in [-0.4, -0.2) is 15.5 Å². The fourth-order valence-corrected chi connectivity index (χ4v) is 2.90. The van der Waals surface area contributed by atoms with Gasteiger partial charge in [0.15, 0.2) is 0 Å². The molecule has 0 unspecified atom stereocenters. The van der Waals surface area contributed by atoms with Crippen LogP contribution in [0.5, 0.6) is 5.75 Å². The Hall–Kier alpha value is -1.92. The van der Waals surface area contributed by atoms with E-state index in [2.05, 4.69) is 4.72 Å². The van der Waals surface area contributed by atoms with Crippen molar-refractivity contribution in [2.75, 3.05) is 17.6 Å². The molecule has 0 aliphatic heterocycles.